The number of H-pyrrole nitrogens is 1. The molecule has 4 heterocycles. The van der Waals surface area contributed by atoms with E-state index in [0.717, 1.165) is 46.0 Å². The zero-order valence-electron chi connectivity index (χ0n) is 17.8. The van der Waals surface area contributed by atoms with Gasteiger partial charge >= 0.3 is 0 Å². The number of benzene rings is 1. The summed E-state index contributed by atoms with van der Waals surface area (Å²) >= 11 is 2.81. The number of sulfonamides is 1. The molecule has 2 N–H and O–H groups in total. The van der Waals surface area contributed by atoms with Gasteiger partial charge in [-0.25, -0.2) is 13.4 Å². The Balaban J connectivity index is 1.49. The number of rotatable bonds is 8. The van der Waals surface area contributed by atoms with Crippen LogP contribution >= 0.6 is 22.7 Å². The fourth-order valence-corrected chi connectivity index (χ4v) is 7.58. The molecule has 0 radical (unpaired) electrons. The SMILES string of the molecule is C=CCN(c1cccc2cc(-c3ncc(CN4CCC(O)C4)s3)[nH]c12)S(=O)(=O)c1cccs1. The first kappa shape index (κ1) is 22.3. The molecule has 5 rings (SSSR count). The molecule has 1 saturated heterocycles. The van der Waals surface area contributed by atoms with Crippen molar-refractivity contribution in [2.75, 3.05) is 23.9 Å². The average molecular weight is 501 g/mol. The third kappa shape index (κ3) is 4.36. The Morgan fingerprint density at radius 1 is 1.33 bits per heavy atom. The molecule has 1 aliphatic rings. The number of hydrogen-bond donors (Lipinski definition) is 2. The highest BCUT2D eigenvalue weighted by Gasteiger charge is 2.27. The van der Waals surface area contributed by atoms with Crippen LogP contribution in [-0.2, 0) is 16.6 Å². The number of fused-ring (bicyclic) bond motifs is 1. The highest BCUT2D eigenvalue weighted by molar-refractivity contribution is 7.94. The lowest BCUT2D eigenvalue weighted by Crippen LogP contribution is -2.30. The minimum atomic E-state index is -3.71. The van der Waals surface area contributed by atoms with Crippen molar-refractivity contribution in [3.63, 3.8) is 0 Å². The molecule has 10 heteroatoms. The number of anilines is 1. The van der Waals surface area contributed by atoms with Crippen LogP contribution in [0.1, 0.15) is 11.3 Å². The van der Waals surface area contributed by atoms with Crippen molar-refractivity contribution < 1.29 is 13.5 Å². The van der Waals surface area contributed by atoms with Crippen LogP contribution in [0.4, 0.5) is 5.69 Å². The molecule has 7 nitrogen and oxygen atoms in total. The van der Waals surface area contributed by atoms with Crippen LogP contribution < -0.4 is 4.31 Å². The van der Waals surface area contributed by atoms with Crippen molar-refractivity contribution in [3.8, 4) is 10.7 Å². The standard InChI is InChI=1S/C23H24N4O3S3/c1-2-9-27(33(29,30)21-7-4-11-31-21)20-6-3-5-16-12-19(25-22(16)20)23-24-13-18(32-23)15-26-10-8-17(28)14-26/h2-7,11-13,17,25,28H,1,8-10,14-15H2. The molecule has 1 unspecified atom stereocenters. The fourth-order valence-electron chi connectivity index (χ4n) is 4.11. The van der Waals surface area contributed by atoms with Crippen molar-refractivity contribution in [1.82, 2.24) is 14.9 Å². The predicted molar refractivity (Wildman–Crippen MR) is 134 cm³/mol. The Morgan fingerprint density at radius 2 is 2.21 bits per heavy atom. The van der Waals surface area contributed by atoms with E-state index in [9.17, 15) is 13.5 Å². The minimum absolute atomic E-state index is 0.163. The van der Waals surface area contributed by atoms with E-state index in [-0.39, 0.29) is 12.6 Å². The molecule has 0 aliphatic carbocycles. The number of aliphatic hydroxyl groups is 1. The van der Waals surface area contributed by atoms with Crippen molar-refractivity contribution in [1.29, 1.82) is 0 Å². The summed E-state index contributed by atoms with van der Waals surface area (Å²) < 4.78 is 28.4. The van der Waals surface area contributed by atoms with Gasteiger partial charge in [0.25, 0.3) is 10.0 Å². The summed E-state index contributed by atoms with van der Waals surface area (Å²) in [5.41, 5.74) is 2.17. The van der Waals surface area contributed by atoms with E-state index in [4.69, 9.17) is 0 Å². The topological polar surface area (TPSA) is 89.5 Å². The molecule has 172 valence electrons. The van der Waals surface area contributed by atoms with Gasteiger partial charge in [0.1, 0.15) is 9.22 Å². The van der Waals surface area contributed by atoms with Gasteiger partial charge in [-0.05, 0) is 30.0 Å². The number of hydrogen-bond acceptors (Lipinski definition) is 7. The molecule has 0 bridgehead atoms. The number of nitrogens with zero attached hydrogens (tertiary/aromatic N) is 3. The number of aromatic nitrogens is 2. The van der Waals surface area contributed by atoms with E-state index in [1.807, 2.05) is 30.5 Å². The first-order valence-electron chi connectivity index (χ1n) is 10.6. The van der Waals surface area contributed by atoms with Crippen LogP contribution in [0, 0.1) is 0 Å². The summed E-state index contributed by atoms with van der Waals surface area (Å²) in [6.07, 6.45) is 4.04. The monoisotopic (exact) mass is 500 g/mol. The molecular formula is C23H24N4O3S3. The number of para-hydroxylation sites is 1. The molecular weight excluding hydrogens is 476 g/mol. The Labute approximate surface area is 200 Å². The molecule has 3 aromatic heterocycles. The number of aliphatic hydroxyl groups excluding tert-OH is 1. The van der Waals surface area contributed by atoms with Gasteiger partial charge in [0, 0.05) is 36.1 Å². The Kier molecular flexibility index (Phi) is 6.11. The molecule has 0 saturated carbocycles. The summed E-state index contributed by atoms with van der Waals surface area (Å²) in [6, 6.07) is 11.0. The lowest BCUT2D eigenvalue weighted by Gasteiger charge is -2.23. The van der Waals surface area contributed by atoms with Gasteiger partial charge < -0.3 is 10.1 Å². The van der Waals surface area contributed by atoms with Gasteiger partial charge in [0.05, 0.1) is 29.5 Å². The third-order valence-corrected chi connectivity index (χ3v) is 9.82. The van der Waals surface area contributed by atoms with E-state index < -0.39 is 10.0 Å². The molecule has 0 spiro atoms. The second kappa shape index (κ2) is 9.03. The number of thiazole rings is 1. The first-order chi connectivity index (χ1) is 16.0. The zero-order valence-corrected chi connectivity index (χ0v) is 20.3. The van der Waals surface area contributed by atoms with Gasteiger partial charge in [-0.2, -0.15) is 0 Å². The van der Waals surface area contributed by atoms with Crippen LogP contribution in [-0.4, -0.2) is 54.1 Å². The van der Waals surface area contributed by atoms with Gasteiger partial charge in [-0.1, -0.05) is 24.3 Å². The average Bonchev–Trinajstić information content (AvgIpc) is 3.58. The molecule has 4 aromatic rings. The maximum absolute atomic E-state index is 13.3. The minimum Gasteiger partial charge on any atom is -0.392 e. The number of β-amino-alcohol motifs (C(OH)–C–C–N with tert-alkyl or cyclic N) is 1. The molecule has 1 fully saturated rings. The quantitative estimate of drug-likeness (QED) is 0.352. The Morgan fingerprint density at radius 3 is 2.94 bits per heavy atom. The van der Waals surface area contributed by atoms with Crippen molar-refractivity contribution >= 4 is 49.3 Å². The van der Waals surface area contributed by atoms with E-state index in [0.29, 0.717) is 16.4 Å². The van der Waals surface area contributed by atoms with Crippen LogP contribution in [0.3, 0.4) is 0 Å². The van der Waals surface area contributed by atoms with Crippen LogP contribution in [0.15, 0.2) is 64.8 Å². The van der Waals surface area contributed by atoms with Crippen molar-refractivity contribution in [2.45, 2.75) is 23.3 Å². The molecule has 1 aliphatic heterocycles. The molecule has 1 atom stereocenters. The van der Waals surface area contributed by atoms with Gasteiger partial charge in [-0.15, -0.1) is 29.3 Å². The van der Waals surface area contributed by atoms with Crippen LogP contribution in [0.25, 0.3) is 21.6 Å². The summed E-state index contributed by atoms with van der Waals surface area (Å²) in [5.74, 6) is 0. The van der Waals surface area contributed by atoms with Crippen molar-refractivity contribution in [2.24, 2.45) is 0 Å². The Hall–Kier alpha value is -2.50. The maximum Gasteiger partial charge on any atom is 0.274 e. The van der Waals surface area contributed by atoms with Gasteiger partial charge in [-0.3, -0.25) is 9.21 Å². The normalized spacial score (nSPS) is 17.1. The van der Waals surface area contributed by atoms with Crippen molar-refractivity contribution in [3.05, 3.63) is 65.5 Å². The predicted octanol–water partition coefficient (Wildman–Crippen LogP) is 4.30. The molecule has 1 aromatic carbocycles. The second-order valence-corrected chi connectivity index (χ2v) is 12.1. The van der Waals surface area contributed by atoms with Crippen LogP contribution in [0.5, 0.6) is 0 Å². The van der Waals surface area contributed by atoms with Gasteiger partial charge in [0.15, 0.2) is 0 Å². The fraction of sp³-hybridized carbons (Fsp3) is 0.261. The van der Waals surface area contributed by atoms with E-state index in [2.05, 4.69) is 21.4 Å². The first-order valence-corrected chi connectivity index (χ1v) is 13.7. The van der Waals surface area contributed by atoms with E-state index >= 15 is 0 Å². The zero-order chi connectivity index (χ0) is 23.0. The van der Waals surface area contributed by atoms with Gasteiger partial charge in [0.2, 0.25) is 0 Å². The largest absolute Gasteiger partial charge is 0.392 e. The summed E-state index contributed by atoms with van der Waals surface area (Å²) in [6.45, 7) is 6.28. The smallest absolute Gasteiger partial charge is 0.274 e. The maximum atomic E-state index is 13.3. The number of likely N-dealkylation sites (tertiary alicyclic amines) is 1. The second-order valence-electron chi connectivity index (χ2n) is 7.99. The number of nitrogens with one attached hydrogen (secondary N) is 1. The summed E-state index contributed by atoms with van der Waals surface area (Å²) in [5, 5.41) is 13.3. The summed E-state index contributed by atoms with van der Waals surface area (Å²) in [4.78, 5) is 11.4. The lowest BCUT2D eigenvalue weighted by atomic mass is 10.2. The molecule has 33 heavy (non-hydrogen) atoms. The third-order valence-electron chi connectivity index (χ3n) is 5.65. The van der Waals surface area contributed by atoms with Crippen LogP contribution in [0.2, 0.25) is 0 Å². The molecule has 0 amide bonds. The highest BCUT2D eigenvalue weighted by atomic mass is 32.2. The summed E-state index contributed by atoms with van der Waals surface area (Å²) in [7, 11) is -3.71. The van der Waals surface area contributed by atoms with E-state index in [1.54, 1.807) is 34.9 Å². The van der Waals surface area contributed by atoms with E-state index in [1.165, 1.54) is 15.6 Å². The highest BCUT2D eigenvalue weighted by Crippen LogP contribution is 2.35. The lowest BCUT2D eigenvalue weighted by molar-refractivity contribution is 0.175. The Bertz CT molecular complexity index is 1380. The number of aromatic amines is 1. The number of thiophene rings is 1.